The summed E-state index contributed by atoms with van der Waals surface area (Å²) in [5, 5.41) is 33.3. The smallest absolute Gasteiger partial charge is 0.324 e. The van der Waals surface area contributed by atoms with Crippen molar-refractivity contribution in [2.75, 3.05) is 25.1 Å². The monoisotopic (exact) mass is 776 g/mol. The highest BCUT2D eigenvalue weighted by atomic mass is 16.6. The van der Waals surface area contributed by atoms with Crippen molar-refractivity contribution in [1.29, 1.82) is 0 Å². The number of carbonyl (C=O) groups excluding carboxylic acids is 3. The Morgan fingerprint density at radius 3 is 2.16 bits per heavy atom. The maximum atomic E-state index is 15.3. The zero-order chi connectivity index (χ0) is 40.2. The van der Waals surface area contributed by atoms with Gasteiger partial charge in [-0.1, -0.05) is 115 Å². The van der Waals surface area contributed by atoms with Crippen LogP contribution in [0.15, 0.2) is 133 Å². The van der Waals surface area contributed by atoms with Crippen molar-refractivity contribution in [3.05, 3.63) is 167 Å². The lowest BCUT2D eigenvalue weighted by Crippen LogP contribution is -2.52. The van der Waals surface area contributed by atoms with Gasteiger partial charge in [-0.15, -0.1) is 0 Å². The minimum atomic E-state index is -1.69. The number of amides is 1. The number of aliphatic hydroxyl groups excluding tert-OH is 3. The van der Waals surface area contributed by atoms with Crippen LogP contribution >= 0.6 is 0 Å². The second-order valence-electron chi connectivity index (χ2n) is 14.8. The normalized spacial score (nSPS) is 23.9. The topological polar surface area (TPSA) is 146 Å². The number of ketones is 1. The average molecular weight is 777 g/mol. The summed E-state index contributed by atoms with van der Waals surface area (Å²) >= 11 is 0. The van der Waals surface area contributed by atoms with Crippen molar-refractivity contribution >= 4 is 23.3 Å². The van der Waals surface area contributed by atoms with E-state index in [1.165, 1.54) is 0 Å². The van der Waals surface area contributed by atoms with Gasteiger partial charge < -0.3 is 30.1 Å². The van der Waals surface area contributed by atoms with Gasteiger partial charge in [-0.3, -0.25) is 19.3 Å². The summed E-state index contributed by atoms with van der Waals surface area (Å²) in [6.45, 7) is -0.202. The molecule has 3 aliphatic heterocycles. The van der Waals surface area contributed by atoms with Gasteiger partial charge in [0.15, 0.2) is 0 Å². The third-order valence-corrected chi connectivity index (χ3v) is 11.5. The molecule has 8 rings (SSSR count). The number of benzene rings is 5. The number of nitrogens with one attached hydrogen (secondary N) is 1. The zero-order valence-corrected chi connectivity index (χ0v) is 31.7. The Bertz CT molecular complexity index is 2330. The van der Waals surface area contributed by atoms with Crippen molar-refractivity contribution in [1.82, 2.24) is 4.90 Å². The van der Waals surface area contributed by atoms with E-state index in [0.29, 0.717) is 33.7 Å². The molecule has 1 amide bonds. The number of nitrogens with zero attached hydrogens (tertiary/aromatic N) is 1. The molecule has 58 heavy (non-hydrogen) atoms. The Balaban J connectivity index is 1.38. The third kappa shape index (κ3) is 6.97. The molecule has 5 aromatic carbocycles. The minimum absolute atomic E-state index is 0.0641. The number of hydrogen-bond acceptors (Lipinski definition) is 9. The van der Waals surface area contributed by atoms with Crippen LogP contribution in [-0.2, 0) is 24.5 Å². The maximum Gasteiger partial charge on any atom is 0.324 e. The van der Waals surface area contributed by atoms with Gasteiger partial charge in [-0.25, -0.2) is 0 Å². The van der Waals surface area contributed by atoms with Crippen molar-refractivity contribution in [2.24, 2.45) is 5.92 Å². The van der Waals surface area contributed by atoms with Gasteiger partial charge >= 0.3 is 5.97 Å². The number of fused-ring (bicyclic) bond motifs is 3. The molecule has 0 radical (unpaired) electrons. The van der Waals surface area contributed by atoms with Gasteiger partial charge in [-0.2, -0.15) is 0 Å². The largest absolute Gasteiger partial charge is 0.491 e. The van der Waals surface area contributed by atoms with Crippen LogP contribution in [0.1, 0.15) is 76.9 Å². The molecule has 2 fully saturated rings. The summed E-state index contributed by atoms with van der Waals surface area (Å²) in [7, 11) is 0. The summed E-state index contributed by atoms with van der Waals surface area (Å²) in [4.78, 5) is 47.6. The molecule has 5 aromatic rings. The van der Waals surface area contributed by atoms with Gasteiger partial charge in [-0.05, 0) is 64.6 Å². The molecular formula is C48H44N2O8. The molecule has 0 saturated carbocycles. The number of ether oxygens (including phenoxy) is 2. The van der Waals surface area contributed by atoms with Crippen LogP contribution in [-0.4, -0.2) is 63.7 Å². The number of esters is 1. The van der Waals surface area contributed by atoms with E-state index >= 15 is 9.59 Å². The predicted molar refractivity (Wildman–Crippen MR) is 216 cm³/mol. The molecule has 2 saturated heterocycles. The molecule has 10 nitrogen and oxygen atoms in total. The Morgan fingerprint density at radius 2 is 1.48 bits per heavy atom. The quantitative estimate of drug-likeness (QED) is 0.0867. The fourth-order valence-electron chi connectivity index (χ4n) is 9.16. The standard InChI is InChI=1S/C48H44N2O8/c51-27-11-10-12-31-19-24-38-37(30-31)48(47(56)49-38)41(40(54)26-25-39(53)32-13-4-1-5-14-32)43-46(55)58-44(34-17-8-3-9-18-34)42(33-15-6-2-7-16-33)50(43)45(48)35-20-22-36(23-21-35)57-29-28-52/h1-9,13-24,30,39,41-45,51-53H,11,25-29H2,(H,49,56)/t39-,41-,42+,43?,44-,45-,48+/m0/s1. The van der Waals surface area contributed by atoms with Crippen LogP contribution < -0.4 is 10.1 Å². The summed E-state index contributed by atoms with van der Waals surface area (Å²) in [5.41, 5.74) is 2.80. The van der Waals surface area contributed by atoms with E-state index in [-0.39, 0.29) is 44.9 Å². The first-order valence-electron chi connectivity index (χ1n) is 19.6. The molecule has 0 aliphatic carbocycles. The zero-order valence-electron chi connectivity index (χ0n) is 31.7. The maximum absolute atomic E-state index is 15.3. The third-order valence-electron chi connectivity index (χ3n) is 11.5. The van der Waals surface area contributed by atoms with Gasteiger partial charge in [0.2, 0.25) is 5.91 Å². The summed E-state index contributed by atoms with van der Waals surface area (Å²) in [5.74, 6) is 3.88. The summed E-state index contributed by atoms with van der Waals surface area (Å²) in [6, 6.07) is 38.0. The van der Waals surface area contributed by atoms with Gasteiger partial charge in [0.05, 0.1) is 37.3 Å². The Morgan fingerprint density at radius 1 is 0.810 bits per heavy atom. The fourth-order valence-corrected chi connectivity index (χ4v) is 9.16. The second kappa shape index (κ2) is 16.8. The van der Waals surface area contributed by atoms with E-state index in [1.807, 2.05) is 102 Å². The molecule has 0 bridgehead atoms. The first kappa shape index (κ1) is 38.8. The number of aliphatic hydroxyl groups is 3. The van der Waals surface area contributed by atoms with Crippen molar-refractivity contribution in [3.63, 3.8) is 0 Å². The molecule has 1 spiro atoms. The Hall–Kier alpha value is -6.09. The molecular weight excluding hydrogens is 733 g/mol. The Kier molecular flexibility index (Phi) is 11.2. The lowest BCUT2D eigenvalue weighted by Gasteiger charge is -2.46. The lowest BCUT2D eigenvalue weighted by molar-refractivity contribution is -0.178. The molecule has 3 heterocycles. The predicted octanol–water partition coefficient (Wildman–Crippen LogP) is 6.15. The van der Waals surface area contributed by atoms with E-state index in [1.54, 1.807) is 36.4 Å². The second-order valence-corrected chi connectivity index (χ2v) is 14.8. The average Bonchev–Trinajstić information content (AvgIpc) is 3.74. The molecule has 4 N–H and O–H groups in total. The van der Waals surface area contributed by atoms with Gasteiger partial charge in [0.1, 0.15) is 35.7 Å². The van der Waals surface area contributed by atoms with Crippen LogP contribution in [0.3, 0.4) is 0 Å². The first-order valence-corrected chi connectivity index (χ1v) is 19.6. The van der Waals surface area contributed by atoms with Gasteiger partial charge in [0.25, 0.3) is 0 Å². The number of morpholine rings is 1. The number of rotatable bonds is 12. The van der Waals surface area contributed by atoms with E-state index in [2.05, 4.69) is 17.2 Å². The highest BCUT2D eigenvalue weighted by Crippen LogP contribution is 2.65. The number of hydrogen-bond donors (Lipinski definition) is 4. The molecule has 0 aromatic heterocycles. The highest BCUT2D eigenvalue weighted by Gasteiger charge is 2.73. The Labute approximate surface area is 337 Å². The molecule has 1 unspecified atom stereocenters. The van der Waals surface area contributed by atoms with Crippen LogP contribution in [0.25, 0.3) is 0 Å². The van der Waals surface area contributed by atoms with Crippen molar-refractivity contribution in [3.8, 4) is 17.6 Å². The summed E-state index contributed by atoms with van der Waals surface area (Å²) < 4.78 is 12.2. The number of carbonyl (C=O) groups is 3. The highest BCUT2D eigenvalue weighted by molar-refractivity contribution is 6.12. The van der Waals surface area contributed by atoms with Crippen molar-refractivity contribution < 1.29 is 39.2 Å². The SMILES string of the molecule is O=C1O[C@@H](c2ccccc2)[C@@H](c2ccccc2)N2C1[C@H](C(=O)CC[C@H](O)c1ccccc1)[C@@]1(C(=O)Nc3ccc(C#CCCO)cc31)[C@@H]2c1ccc(OCCO)cc1. The fraction of sp³-hybridized carbons (Fsp3) is 0.271. The first-order chi connectivity index (χ1) is 28.4. The lowest BCUT2D eigenvalue weighted by atomic mass is 9.63. The van der Waals surface area contributed by atoms with Crippen molar-refractivity contribution in [2.45, 2.75) is 55.0 Å². The number of cyclic esters (lactones) is 1. The van der Waals surface area contributed by atoms with Gasteiger partial charge in [0, 0.05) is 24.1 Å². The van der Waals surface area contributed by atoms with Crippen LogP contribution in [0.5, 0.6) is 5.75 Å². The molecule has 7 atom stereocenters. The van der Waals surface area contributed by atoms with Crippen LogP contribution in [0, 0.1) is 17.8 Å². The van der Waals surface area contributed by atoms with E-state index in [0.717, 1.165) is 11.1 Å². The molecule has 3 aliphatic rings. The van der Waals surface area contributed by atoms with Crippen LogP contribution in [0.4, 0.5) is 5.69 Å². The van der Waals surface area contributed by atoms with E-state index in [4.69, 9.17) is 9.47 Å². The number of anilines is 1. The minimum Gasteiger partial charge on any atom is -0.491 e. The van der Waals surface area contributed by atoms with E-state index in [9.17, 15) is 20.1 Å². The number of Topliss-reactive ketones (excluding diaryl/α,β-unsaturated/α-hetero) is 1. The summed E-state index contributed by atoms with van der Waals surface area (Å²) in [6.07, 6.45) is -1.59. The van der Waals surface area contributed by atoms with E-state index < -0.39 is 53.5 Å². The van der Waals surface area contributed by atoms with Crippen LogP contribution in [0.2, 0.25) is 0 Å². The molecule has 294 valence electrons. The molecule has 10 heteroatoms.